The number of aryl methyl sites for hydroxylation is 1. The van der Waals surface area contributed by atoms with Gasteiger partial charge in [0.05, 0.1) is 11.5 Å². The van der Waals surface area contributed by atoms with Crippen LogP contribution in [0.2, 0.25) is 0 Å². The van der Waals surface area contributed by atoms with E-state index < -0.39 is 17.7 Å². The Kier molecular flexibility index (Phi) is 4.20. The van der Waals surface area contributed by atoms with Gasteiger partial charge in [0.1, 0.15) is 0 Å². The maximum absolute atomic E-state index is 12.5. The van der Waals surface area contributed by atoms with Gasteiger partial charge in [-0.3, -0.25) is 9.59 Å². The van der Waals surface area contributed by atoms with Crippen molar-refractivity contribution in [2.75, 3.05) is 6.54 Å². The monoisotopic (exact) mass is 300 g/mol. The Morgan fingerprint density at radius 1 is 1.43 bits per heavy atom. The van der Waals surface area contributed by atoms with Crippen molar-refractivity contribution in [2.24, 2.45) is 5.92 Å². The highest BCUT2D eigenvalue weighted by molar-refractivity contribution is 5.89. The normalized spacial score (nSPS) is 18.5. The number of hydrogen-bond donors (Lipinski definition) is 2. The fourth-order valence-electron chi connectivity index (χ4n) is 2.19. The van der Waals surface area contributed by atoms with E-state index in [9.17, 15) is 22.8 Å². The van der Waals surface area contributed by atoms with Crippen LogP contribution in [0.3, 0.4) is 0 Å². The summed E-state index contributed by atoms with van der Waals surface area (Å²) in [6, 6.07) is 3.41. The zero-order chi connectivity index (χ0) is 15.6. The number of carbonyl (C=O) groups excluding carboxylic acids is 2. The third-order valence-electron chi connectivity index (χ3n) is 3.47. The average Bonchev–Trinajstić information content (AvgIpc) is 2.82. The molecule has 0 aromatic heterocycles. The first-order chi connectivity index (χ1) is 9.77. The molecule has 2 amide bonds. The number of carbonyl (C=O) groups is 2. The summed E-state index contributed by atoms with van der Waals surface area (Å²) in [5.74, 6) is -0.847. The van der Waals surface area contributed by atoms with E-state index >= 15 is 0 Å². The minimum atomic E-state index is -4.37. The van der Waals surface area contributed by atoms with Gasteiger partial charge in [-0.2, -0.15) is 13.2 Å². The Hall–Kier alpha value is -2.05. The minimum absolute atomic E-state index is 0.146. The lowest BCUT2D eigenvalue weighted by Gasteiger charge is -2.13. The van der Waals surface area contributed by atoms with Gasteiger partial charge in [0.2, 0.25) is 11.8 Å². The molecule has 1 fully saturated rings. The molecule has 114 valence electrons. The van der Waals surface area contributed by atoms with Gasteiger partial charge in [-0.05, 0) is 30.2 Å². The van der Waals surface area contributed by atoms with Gasteiger partial charge in [-0.1, -0.05) is 6.07 Å². The van der Waals surface area contributed by atoms with Crippen molar-refractivity contribution in [2.45, 2.75) is 26.1 Å². The van der Waals surface area contributed by atoms with Crippen LogP contribution in [0.5, 0.6) is 0 Å². The molecule has 0 aliphatic carbocycles. The molecule has 4 nitrogen and oxygen atoms in total. The maximum atomic E-state index is 12.5. The number of halogens is 3. The number of hydrogen-bond acceptors (Lipinski definition) is 2. The van der Waals surface area contributed by atoms with Gasteiger partial charge in [0, 0.05) is 19.5 Å². The van der Waals surface area contributed by atoms with Gasteiger partial charge in [0.15, 0.2) is 0 Å². The van der Waals surface area contributed by atoms with Crippen LogP contribution in [0.4, 0.5) is 13.2 Å². The van der Waals surface area contributed by atoms with Crippen LogP contribution in [0.1, 0.15) is 23.1 Å². The predicted octanol–water partition coefficient (Wildman–Crippen LogP) is 1.77. The fraction of sp³-hybridized carbons (Fsp3) is 0.429. The van der Waals surface area contributed by atoms with Crippen LogP contribution >= 0.6 is 0 Å². The summed E-state index contributed by atoms with van der Waals surface area (Å²) >= 11 is 0. The Balaban J connectivity index is 1.97. The fourth-order valence-corrected chi connectivity index (χ4v) is 2.19. The van der Waals surface area contributed by atoms with Crippen molar-refractivity contribution in [1.82, 2.24) is 10.6 Å². The lowest BCUT2D eigenvalue weighted by Crippen LogP contribution is -2.31. The molecule has 2 N–H and O–H groups in total. The van der Waals surface area contributed by atoms with Crippen LogP contribution < -0.4 is 10.6 Å². The number of benzene rings is 1. The van der Waals surface area contributed by atoms with Gasteiger partial charge in [-0.25, -0.2) is 0 Å². The molecule has 1 aliphatic heterocycles. The summed E-state index contributed by atoms with van der Waals surface area (Å²) in [5, 5.41) is 5.21. The largest absolute Gasteiger partial charge is 0.416 e. The number of amides is 2. The Labute approximate surface area is 119 Å². The standard InChI is InChI=1S/C14H15F3N2O2/c1-8-4-11(14(15,16)17)3-2-9(8)6-19-13(21)10-5-12(20)18-7-10/h2-4,10H,5-7H2,1H3,(H,18,20)(H,19,21)/t10-/m1/s1. The molecular formula is C14H15F3N2O2. The van der Waals surface area contributed by atoms with Crippen molar-refractivity contribution < 1.29 is 22.8 Å². The van der Waals surface area contributed by atoms with Gasteiger partial charge >= 0.3 is 6.18 Å². The smallest absolute Gasteiger partial charge is 0.355 e. The molecular weight excluding hydrogens is 285 g/mol. The van der Waals surface area contributed by atoms with E-state index in [1.165, 1.54) is 6.07 Å². The molecule has 1 heterocycles. The van der Waals surface area contributed by atoms with Crippen LogP contribution in [0.25, 0.3) is 0 Å². The molecule has 1 aliphatic rings. The van der Waals surface area contributed by atoms with E-state index in [4.69, 9.17) is 0 Å². The van der Waals surface area contributed by atoms with Gasteiger partial charge in [-0.15, -0.1) is 0 Å². The molecule has 0 spiro atoms. The summed E-state index contributed by atoms with van der Waals surface area (Å²) in [5.41, 5.74) is 0.375. The molecule has 0 bridgehead atoms. The third-order valence-corrected chi connectivity index (χ3v) is 3.47. The highest BCUT2D eigenvalue weighted by Crippen LogP contribution is 2.30. The molecule has 0 unspecified atom stereocenters. The Morgan fingerprint density at radius 3 is 2.67 bits per heavy atom. The van der Waals surface area contributed by atoms with E-state index in [0.717, 1.165) is 12.1 Å². The lowest BCUT2D eigenvalue weighted by atomic mass is 10.0. The number of nitrogens with one attached hydrogen (secondary N) is 2. The van der Waals surface area contributed by atoms with E-state index in [2.05, 4.69) is 10.6 Å². The predicted molar refractivity (Wildman–Crippen MR) is 69.1 cm³/mol. The van der Waals surface area contributed by atoms with Crippen molar-refractivity contribution in [3.63, 3.8) is 0 Å². The number of alkyl halides is 3. The van der Waals surface area contributed by atoms with E-state index in [1.807, 2.05) is 0 Å². The maximum Gasteiger partial charge on any atom is 0.416 e. The van der Waals surface area contributed by atoms with E-state index in [0.29, 0.717) is 17.7 Å². The molecule has 0 radical (unpaired) electrons. The van der Waals surface area contributed by atoms with E-state index in [-0.39, 0.29) is 24.8 Å². The summed E-state index contributed by atoms with van der Waals surface area (Å²) in [6.45, 7) is 2.02. The molecule has 1 aromatic rings. The lowest BCUT2D eigenvalue weighted by molar-refractivity contribution is -0.137. The van der Waals surface area contributed by atoms with Gasteiger partial charge in [0.25, 0.3) is 0 Å². The SMILES string of the molecule is Cc1cc(C(F)(F)F)ccc1CNC(=O)[C@H]1CNC(=O)C1. The topological polar surface area (TPSA) is 58.2 Å². The van der Waals surface area contributed by atoms with Crippen molar-refractivity contribution in [1.29, 1.82) is 0 Å². The first-order valence-electron chi connectivity index (χ1n) is 6.48. The van der Waals surface area contributed by atoms with Crippen molar-refractivity contribution in [3.05, 3.63) is 34.9 Å². The molecule has 7 heteroatoms. The molecule has 0 saturated carbocycles. The van der Waals surface area contributed by atoms with Crippen LogP contribution in [-0.4, -0.2) is 18.4 Å². The molecule has 2 rings (SSSR count). The number of rotatable bonds is 3. The second-order valence-corrected chi connectivity index (χ2v) is 5.06. The zero-order valence-corrected chi connectivity index (χ0v) is 11.4. The minimum Gasteiger partial charge on any atom is -0.355 e. The van der Waals surface area contributed by atoms with Crippen molar-refractivity contribution >= 4 is 11.8 Å². The molecule has 1 saturated heterocycles. The van der Waals surface area contributed by atoms with Crippen LogP contribution in [0, 0.1) is 12.8 Å². The first-order valence-corrected chi connectivity index (χ1v) is 6.48. The average molecular weight is 300 g/mol. The first kappa shape index (κ1) is 15.3. The highest BCUT2D eigenvalue weighted by atomic mass is 19.4. The van der Waals surface area contributed by atoms with Crippen LogP contribution in [-0.2, 0) is 22.3 Å². The summed E-state index contributed by atoms with van der Waals surface area (Å²) in [6.07, 6.45) is -4.22. The summed E-state index contributed by atoms with van der Waals surface area (Å²) in [7, 11) is 0. The quantitative estimate of drug-likeness (QED) is 0.894. The third kappa shape index (κ3) is 3.74. The van der Waals surface area contributed by atoms with E-state index in [1.54, 1.807) is 6.92 Å². The second-order valence-electron chi connectivity index (χ2n) is 5.06. The van der Waals surface area contributed by atoms with Crippen LogP contribution in [0.15, 0.2) is 18.2 Å². The highest BCUT2D eigenvalue weighted by Gasteiger charge is 2.31. The Bertz CT molecular complexity index is 570. The molecule has 1 aromatic carbocycles. The second kappa shape index (κ2) is 5.75. The van der Waals surface area contributed by atoms with Gasteiger partial charge < -0.3 is 10.6 Å². The summed E-state index contributed by atoms with van der Waals surface area (Å²) < 4.78 is 37.6. The zero-order valence-electron chi connectivity index (χ0n) is 11.4. The Morgan fingerprint density at radius 2 is 2.14 bits per heavy atom. The molecule has 21 heavy (non-hydrogen) atoms. The molecule has 1 atom stereocenters. The summed E-state index contributed by atoms with van der Waals surface area (Å²) in [4.78, 5) is 22.8. The van der Waals surface area contributed by atoms with Crippen molar-refractivity contribution in [3.8, 4) is 0 Å².